The third kappa shape index (κ3) is 3.73. The molecule has 1 atom stereocenters. The zero-order valence-electron chi connectivity index (χ0n) is 12.7. The van der Waals surface area contributed by atoms with E-state index < -0.39 is 0 Å². The number of benzene rings is 1. The summed E-state index contributed by atoms with van der Waals surface area (Å²) in [4.78, 5) is 14.0. The van der Waals surface area contributed by atoms with Crippen molar-refractivity contribution in [3.05, 3.63) is 49.2 Å². The van der Waals surface area contributed by atoms with E-state index in [9.17, 15) is 4.79 Å². The second kappa shape index (κ2) is 7.09. The van der Waals surface area contributed by atoms with Crippen LogP contribution in [-0.2, 0) is 11.3 Å². The molecule has 1 unspecified atom stereocenters. The van der Waals surface area contributed by atoms with Gasteiger partial charge in [0.2, 0.25) is 5.91 Å². The summed E-state index contributed by atoms with van der Waals surface area (Å²) in [6, 6.07) is 10.3. The Morgan fingerprint density at radius 3 is 2.95 bits per heavy atom. The van der Waals surface area contributed by atoms with Gasteiger partial charge in [0.25, 0.3) is 0 Å². The number of para-hydroxylation sites is 1. The first-order valence-corrected chi connectivity index (χ1v) is 7.26. The Bertz CT molecular complexity index is 617. The molecule has 2 aromatic rings. The maximum absolute atomic E-state index is 11.9. The summed E-state index contributed by atoms with van der Waals surface area (Å²) in [6.07, 6.45) is 3.79. The number of carbonyl (C=O) groups is 1. The first-order chi connectivity index (χ1) is 10.1. The van der Waals surface area contributed by atoms with E-state index in [1.54, 1.807) is 6.08 Å². The fourth-order valence-corrected chi connectivity index (χ4v) is 2.32. The lowest BCUT2D eigenvalue weighted by Gasteiger charge is -2.24. The third-order valence-corrected chi connectivity index (χ3v) is 3.84. The van der Waals surface area contributed by atoms with Gasteiger partial charge in [0.15, 0.2) is 0 Å². The Kier molecular flexibility index (Phi) is 5.17. The monoisotopic (exact) mass is 285 g/mol. The molecule has 21 heavy (non-hydrogen) atoms. The molecule has 1 aromatic heterocycles. The Labute approximate surface area is 126 Å². The smallest absolute Gasteiger partial charge is 0.237 e. The average Bonchev–Trinajstić information content (AvgIpc) is 2.92. The first kappa shape index (κ1) is 15.3. The summed E-state index contributed by atoms with van der Waals surface area (Å²) in [7, 11) is 1.98. The number of aromatic nitrogens is 1. The molecular weight excluding hydrogens is 262 g/mol. The summed E-state index contributed by atoms with van der Waals surface area (Å²) in [5, 5.41) is 4.08. The van der Waals surface area contributed by atoms with E-state index in [4.69, 9.17) is 0 Å². The SMILES string of the molecule is C=CCNC(=O)C(C)N(C)CCn1ccc2ccccc21. The number of hydrogen-bond donors (Lipinski definition) is 1. The molecule has 4 nitrogen and oxygen atoms in total. The minimum Gasteiger partial charge on any atom is -0.351 e. The van der Waals surface area contributed by atoms with E-state index in [2.05, 4.69) is 45.8 Å². The highest BCUT2D eigenvalue weighted by atomic mass is 16.2. The van der Waals surface area contributed by atoms with Gasteiger partial charge in [-0.2, -0.15) is 0 Å². The lowest BCUT2D eigenvalue weighted by atomic mass is 10.2. The summed E-state index contributed by atoms with van der Waals surface area (Å²) in [6.45, 7) is 7.73. The predicted octanol–water partition coefficient (Wildman–Crippen LogP) is 2.26. The van der Waals surface area contributed by atoms with Gasteiger partial charge in [0, 0.05) is 31.3 Å². The van der Waals surface area contributed by atoms with Crippen LogP contribution in [0.25, 0.3) is 10.9 Å². The van der Waals surface area contributed by atoms with Crippen LogP contribution in [0.4, 0.5) is 0 Å². The molecule has 0 bridgehead atoms. The third-order valence-electron chi connectivity index (χ3n) is 3.84. The van der Waals surface area contributed by atoms with Gasteiger partial charge in [-0.1, -0.05) is 24.3 Å². The molecule has 1 heterocycles. The van der Waals surface area contributed by atoms with Crippen LogP contribution in [0.2, 0.25) is 0 Å². The molecule has 0 fully saturated rings. The molecule has 0 spiro atoms. The normalized spacial score (nSPS) is 12.5. The summed E-state index contributed by atoms with van der Waals surface area (Å²) >= 11 is 0. The highest BCUT2D eigenvalue weighted by molar-refractivity contribution is 5.81. The quantitative estimate of drug-likeness (QED) is 0.792. The number of nitrogens with zero attached hydrogens (tertiary/aromatic N) is 2. The van der Waals surface area contributed by atoms with Crippen molar-refractivity contribution in [2.75, 3.05) is 20.1 Å². The molecule has 4 heteroatoms. The minimum atomic E-state index is -0.147. The zero-order chi connectivity index (χ0) is 15.2. The van der Waals surface area contributed by atoms with Gasteiger partial charge in [-0.15, -0.1) is 6.58 Å². The van der Waals surface area contributed by atoms with E-state index in [1.807, 2.05) is 26.1 Å². The Morgan fingerprint density at radius 2 is 2.19 bits per heavy atom. The van der Waals surface area contributed by atoms with Crippen LogP contribution in [0.3, 0.4) is 0 Å². The fraction of sp³-hybridized carbons (Fsp3) is 0.353. The maximum Gasteiger partial charge on any atom is 0.237 e. The molecule has 1 amide bonds. The maximum atomic E-state index is 11.9. The summed E-state index contributed by atoms with van der Waals surface area (Å²) in [5.74, 6) is 0.0368. The molecular formula is C17H23N3O. The molecule has 2 rings (SSSR count). The lowest BCUT2D eigenvalue weighted by Crippen LogP contribution is -2.44. The van der Waals surface area contributed by atoms with Gasteiger partial charge in [-0.3, -0.25) is 9.69 Å². The van der Waals surface area contributed by atoms with Crippen LogP contribution < -0.4 is 5.32 Å². The van der Waals surface area contributed by atoms with Gasteiger partial charge in [-0.25, -0.2) is 0 Å². The standard InChI is InChI=1S/C17H23N3O/c1-4-10-18-17(21)14(2)19(3)12-13-20-11-9-15-7-5-6-8-16(15)20/h4-9,11,14H,1,10,12-13H2,2-3H3,(H,18,21). The highest BCUT2D eigenvalue weighted by Crippen LogP contribution is 2.14. The van der Waals surface area contributed by atoms with E-state index in [-0.39, 0.29) is 11.9 Å². The van der Waals surface area contributed by atoms with Crippen LogP contribution in [0, 0.1) is 0 Å². The second-order valence-electron chi connectivity index (χ2n) is 5.26. The van der Waals surface area contributed by atoms with Crippen molar-refractivity contribution < 1.29 is 4.79 Å². The van der Waals surface area contributed by atoms with Crippen LogP contribution in [0.15, 0.2) is 49.2 Å². The lowest BCUT2D eigenvalue weighted by molar-refractivity contribution is -0.125. The van der Waals surface area contributed by atoms with Gasteiger partial charge in [-0.05, 0) is 31.5 Å². The average molecular weight is 285 g/mol. The topological polar surface area (TPSA) is 37.3 Å². The van der Waals surface area contributed by atoms with Crippen molar-refractivity contribution in [3.8, 4) is 0 Å². The number of carbonyl (C=O) groups excluding carboxylic acids is 1. The Hall–Kier alpha value is -2.07. The van der Waals surface area contributed by atoms with E-state index in [0.717, 1.165) is 13.1 Å². The molecule has 0 aliphatic carbocycles. The Balaban J connectivity index is 1.93. The Morgan fingerprint density at radius 1 is 1.43 bits per heavy atom. The van der Waals surface area contributed by atoms with Gasteiger partial charge in [0.1, 0.15) is 0 Å². The van der Waals surface area contributed by atoms with Gasteiger partial charge < -0.3 is 9.88 Å². The van der Waals surface area contributed by atoms with Gasteiger partial charge >= 0.3 is 0 Å². The molecule has 1 N–H and O–H groups in total. The number of fused-ring (bicyclic) bond motifs is 1. The molecule has 0 aliphatic heterocycles. The number of hydrogen-bond acceptors (Lipinski definition) is 2. The zero-order valence-corrected chi connectivity index (χ0v) is 12.7. The molecule has 112 valence electrons. The fourth-order valence-electron chi connectivity index (χ4n) is 2.32. The molecule has 0 saturated carbocycles. The first-order valence-electron chi connectivity index (χ1n) is 7.26. The number of amides is 1. The van der Waals surface area contributed by atoms with E-state index >= 15 is 0 Å². The van der Waals surface area contributed by atoms with Crippen molar-refractivity contribution in [2.24, 2.45) is 0 Å². The van der Waals surface area contributed by atoms with Gasteiger partial charge in [0.05, 0.1) is 6.04 Å². The van der Waals surface area contributed by atoms with Crippen LogP contribution in [-0.4, -0.2) is 41.6 Å². The second-order valence-corrected chi connectivity index (χ2v) is 5.26. The summed E-state index contributed by atoms with van der Waals surface area (Å²) < 4.78 is 2.22. The predicted molar refractivity (Wildman–Crippen MR) is 87.2 cm³/mol. The van der Waals surface area contributed by atoms with E-state index in [1.165, 1.54) is 10.9 Å². The van der Waals surface area contributed by atoms with Crippen LogP contribution >= 0.6 is 0 Å². The molecule has 1 aromatic carbocycles. The van der Waals surface area contributed by atoms with Crippen molar-refractivity contribution >= 4 is 16.8 Å². The largest absolute Gasteiger partial charge is 0.351 e. The van der Waals surface area contributed by atoms with Crippen LogP contribution in [0.1, 0.15) is 6.92 Å². The molecule has 0 saturated heterocycles. The number of nitrogens with one attached hydrogen (secondary N) is 1. The van der Waals surface area contributed by atoms with E-state index in [0.29, 0.717) is 6.54 Å². The highest BCUT2D eigenvalue weighted by Gasteiger charge is 2.16. The number of rotatable bonds is 7. The van der Waals surface area contributed by atoms with Crippen molar-refractivity contribution in [1.82, 2.24) is 14.8 Å². The summed E-state index contributed by atoms with van der Waals surface area (Å²) in [5.41, 5.74) is 1.23. The van der Waals surface area contributed by atoms with Crippen LogP contribution in [0.5, 0.6) is 0 Å². The number of likely N-dealkylation sites (N-methyl/N-ethyl adjacent to an activating group) is 1. The molecule has 0 aliphatic rings. The van der Waals surface area contributed by atoms with Crippen molar-refractivity contribution in [1.29, 1.82) is 0 Å². The minimum absolute atomic E-state index is 0.0368. The molecule has 0 radical (unpaired) electrons. The van der Waals surface area contributed by atoms with Crippen molar-refractivity contribution in [3.63, 3.8) is 0 Å². The van der Waals surface area contributed by atoms with Crippen molar-refractivity contribution in [2.45, 2.75) is 19.5 Å².